The molecule has 16 heavy (non-hydrogen) atoms. The standard InChI is InChI=1S/C9H18N6O/c1-4-9(5-2,6-10)7(16)11-8-12-14-15(3)13-8/h4-6,10H2,1-3H3,(H,11,13,16). The predicted molar refractivity (Wildman–Crippen MR) is 59.5 cm³/mol. The van der Waals surface area contributed by atoms with Crippen LogP contribution in [0.25, 0.3) is 0 Å². The quantitative estimate of drug-likeness (QED) is 0.731. The Labute approximate surface area is 94.4 Å². The van der Waals surface area contributed by atoms with Gasteiger partial charge in [-0.2, -0.15) is 4.80 Å². The molecule has 7 nitrogen and oxygen atoms in total. The van der Waals surface area contributed by atoms with Gasteiger partial charge in [-0.3, -0.25) is 10.1 Å². The summed E-state index contributed by atoms with van der Waals surface area (Å²) in [7, 11) is 1.64. The van der Waals surface area contributed by atoms with Crippen molar-refractivity contribution in [3.63, 3.8) is 0 Å². The number of nitrogens with two attached hydrogens (primary N) is 1. The van der Waals surface area contributed by atoms with Crippen LogP contribution in [0.5, 0.6) is 0 Å². The van der Waals surface area contributed by atoms with E-state index in [9.17, 15) is 4.79 Å². The van der Waals surface area contributed by atoms with E-state index in [2.05, 4.69) is 20.7 Å². The van der Waals surface area contributed by atoms with Gasteiger partial charge in [0.2, 0.25) is 5.91 Å². The van der Waals surface area contributed by atoms with Gasteiger partial charge in [0.1, 0.15) is 0 Å². The number of carbonyl (C=O) groups excluding carboxylic acids is 1. The number of tetrazole rings is 1. The number of hydrogen-bond donors (Lipinski definition) is 2. The second-order valence-corrected chi connectivity index (χ2v) is 3.75. The molecule has 0 bridgehead atoms. The van der Waals surface area contributed by atoms with E-state index >= 15 is 0 Å². The molecule has 90 valence electrons. The molecule has 0 saturated carbocycles. The summed E-state index contributed by atoms with van der Waals surface area (Å²) >= 11 is 0. The third kappa shape index (κ3) is 2.35. The molecule has 0 radical (unpaired) electrons. The van der Waals surface area contributed by atoms with Crippen LogP contribution in [-0.2, 0) is 11.8 Å². The highest BCUT2D eigenvalue weighted by molar-refractivity contribution is 5.93. The number of nitrogens with one attached hydrogen (secondary N) is 1. The number of anilines is 1. The molecule has 0 aliphatic rings. The van der Waals surface area contributed by atoms with Crippen LogP contribution < -0.4 is 11.1 Å². The van der Waals surface area contributed by atoms with Crippen molar-refractivity contribution in [1.29, 1.82) is 0 Å². The molecule has 0 saturated heterocycles. The van der Waals surface area contributed by atoms with Gasteiger partial charge in [-0.05, 0) is 18.1 Å². The van der Waals surface area contributed by atoms with Crippen molar-refractivity contribution >= 4 is 11.9 Å². The van der Waals surface area contributed by atoms with E-state index in [0.29, 0.717) is 19.4 Å². The van der Waals surface area contributed by atoms with Gasteiger partial charge >= 0.3 is 0 Å². The summed E-state index contributed by atoms with van der Waals surface area (Å²) in [6.45, 7) is 4.20. The second-order valence-electron chi connectivity index (χ2n) is 3.75. The molecule has 1 amide bonds. The van der Waals surface area contributed by atoms with Gasteiger partial charge in [0, 0.05) is 6.54 Å². The molecule has 0 atom stereocenters. The van der Waals surface area contributed by atoms with Crippen molar-refractivity contribution in [2.24, 2.45) is 18.2 Å². The van der Waals surface area contributed by atoms with Crippen molar-refractivity contribution in [2.75, 3.05) is 11.9 Å². The van der Waals surface area contributed by atoms with Crippen molar-refractivity contribution in [3.8, 4) is 0 Å². The van der Waals surface area contributed by atoms with Crippen LogP contribution in [0, 0.1) is 5.41 Å². The first-order valence-electron chi connectivity index (χ1n) is 5.33. The molecule has 3 N–H and O–H groups in total. The highest BCUT2D eigenvalue weighted by atomic mass is 16.2. The molecule has 0 fully saturated rings. The minimum atomic E-state index is -0.542. The van der Waals surface area contributed by atoms with Gasteiger partial charge in [0.25, 0.3) is 5.95 Å². The summed E-state index contributed by atoms with van der Waals surface area (Å²) in [5.74, 6) is 0.0697. The van der Waals surface area contributed by atoms with Gasteiger partial charge in [-0.25, -0.2) is 0 Å². The lowest BCUT2D eigenvalue weighted by molar-refractivity contribution is -0.125. The Hall–Kier alpha value is -1.50. The molecule has 0 unspecified atom stereocenters. The maximum absolute atomic E-state index is 12.0. The third-order valence-corrected chi connectivity index (χ3v) is 2.96. The SMILES string of the molecule is CCC(CC)(CN)C(=O)Nc1nnn(C)n1. The molecule has 0 spiro atoms. The first-order valence-corrected chi connectivity index (χ1v) is 5.33. The molecule has 1 aromatic rings. The van der Waals surface area contributed by atoms with Crippen molar-refractivity contribution in [3.05, 3.63) is 0 Å². The lowest BCUT2D eigenvalue weighted by Gasteiger charge is -2.27. The van der Waals surface area contributed by atoms with Crippen molar-refractivity contribution < 1.29 is 4.79 Å². The van der Waals surface area contributed by atoms with Crippen LogP contribution in [-0.4, -0.2) is 32.7 Å². The average Bonchev–Trinajstić information content (AvgIpc) is 2.67. The predicted octanol–water partition coefficient (Wildman–Crippen LogP) is -0.0863. The lowest BCUT2D eigenvalue weighted by Crippen LogP contribution is -2.41. The van der Waals surface area contributed by atoms with E-state index in [1.807, 2.05) is 13.8 Å². The summed E-state index contributed by atoms with van der Waals surface area (Å²) < 4.78 is 0. The lowest BCUT2D eigenvalue weighted by atomic mass is 9.81. The van der Waals surface area contributed by atoms with Gasteiger partial charge in [-0.15, -0.1) is 5.10 Å². The van der Waals surface area contributed by atoms with E-state index < -0.39 is 5.41 Å². The molecule has 1 rings (SSSR count). The fourth-order valence-electron chi connectivity index (χ4n) is 1.52. The molecule has 7 heteroatoms. The van der Waals surface area contributed by atoms with Crippen LogP contribution in [0.1, 0.15) is 26.7 Å². The van der Waals surface area contributed by atoms with E-state index in [-0.39, 0.29) is 11.9 Å². The molecule has 0 aromatic carbocycles. The van der Waals surface area contributed by atoms with E-state index in [4.69, 9.17) is 5.73 Å². The second kappa shape index (κ2) is 5.02. The largest absolute Gasteiger partial charge is 0.329 e. The first-order chi connectivity index (χ1) is 7.57. The minimum Gasteiger partial charge on any atom is -0.329 e. The molecule has 1 aromatic heterocycles. The number of amides is 1. The summed E-state index contributed by atoms with van der Waals surface area (Å²) in [4.78, 5) is 13.3. The van der Waals surface area contributed by atoms with Gasteiger partial charge < -0.3 is 5.73 Å². The summed E-state index contributed by atoms with van der Waals surface area (Å²) in [6.07, 6.45) is 1.37. The van der Waals surface area contributed by atoms with Crippen LogP contribution in [0.2, 0.25) is 0 Å². The average molecular weight is 226 g/mol. The summed E-state index contributed by atoms with van der Waals surface area (Å²) in [6, 6.07) is 0. The Bertz CT molecular complexity index is 348. The Morgan fingerprint density at radius 3 is 2.50 bits per heavy atom. The van der Waals surface area contributed by atoms with E-state index in [0.717, 1.165) is 0 Å². The van der Waals surface area contributed by atoms with Crippen LogP contribution in [0.3, 0.4) is 0 Å². The smallest absolute Gasteiger partial charge is 0.270 e. The fraction of sp³-hybridized carbons (Fsp3) is 0.778. The summed E-state index contributed by atoms with van der Waals surface area (Å²) in [5.41, 5.74) is 5.12. The Kier molecular flexibility index (Phi) is 3.94. The zero-order valence-electron chi connectivity index (χ0n) is 9.90. The zero-order chi connectivity index (χ0) is 12.2. The Morgan fingerprint density at radius 2 is 2.12 bits per heavy atom. The monoisotopic (exact) mass is 226 g/mol. The van der Waals surface area contributed by atoms with E-state index in [1.165, 1.54) is 4.80 Å². The topological polar surface area (TPSA) is 98.7 Å². The normalized spacial score (nSPS) is 11.5. The Morgan fingerprint density at radius 1 is 1.50 bits per heavy atom. The third-order valence-electron chi connectivity index (χ3n) is 2.96. The zero-order valence-corrected chi connectivity index (χ0v) is 9.90. The molecule has 1 heterocycles. The molecular weight excluding hydrogens is 208 g/mol. The molecule has 0 aliphatic carbocycles. The van der Waals surface area contributed by atoms with Gasteiger partial charge in [0.05, 0.1) is 12.5 Å². The van der Waals surface area contributed by atoms with Crippen molar-refractivity contribution in [2.45, 2.75) is 26.7 Å². The molecule has 0 aliphatic heterocycles. The van der Waals surface area contributed by atoms with Crippen LogP contribution in [0.4, 0.5) is 5.95 Å². The van der Waals surface area contributed by atoms with E-state index in [1.54, 1.807) is 7.05 Å². The summed E-state index contributed by atoms with van der Waals surface area (Å²) in [5, 5.41) is 13.9. The van der Waals surface area contributed by atoms with Gasteiger partial charge in [0.15, 0.2) is 0 Å². The number of nitrogens with zero attached hydrogens (tertiary/aromatic N) is 4. The van der Waals surface area contributed by atoms with Crippen LogP contribution in [0.15, 0.2) is 0 Å². The maximum Gasteiger partial charge on any atom is 0.270 e. The number of hydrogen-bond acceptors (Lipinski definition) is 5. The van der Waals surface area contributed by atoms with Gasteiger partial charge in [-0.1, -0.05) is 18.9 Å². The highest BCUT2D eigenvalue weighted by Crippen LogP contribution is 2.26. The fourth-order valence-corrected chi connectivity index (χ4v) is 1.52. The maximum atomic E-state index is 12.0. The minimum absolute atomic E-state index is 0.145. The number of aryl methyl sites for hydroxylation is 1. The molecular formula is C9H18N6O. The van der Waals surface area contributed by atoms with Crippen molar-refractivity contribution in [1.82, 2.24) is 20.2 Å². The number of aromatic nitrogens is 4. The Balaban J connectivity index is 2.77. The number of rotatable bonds is 5. The number of carbonyl (C=O) groups is 1. The van der Waals surface area contributed by atoms with Crippen LogP contribution >= 0.6 is 0 Å². The first kappa shape index (κ1) is 12.6. The highest BCUT2D eigenvalue weighted by Gasteiger charge is 2.33.